The summed E-state index contributed by atoms with van der Waals surface area (Å²) in [7, 11) is 0. The summed E-state index contributed by atoms with van der Waals surface area (Å²) in [5.41, 5.74) is 0. The fourth-order valence-electron chi connectivity index (χ4n) is 2.32. The molecule has 20 heavy (non-hydrogen) atoms. The van der Waals surface area contributed by atoms with Crippen LogP contribution in [0.2, 0.25) is 0 Å². The predicted octanol–water partition coefficient (Wildman–Crippen LogP) is 5.18. The van der Waals surface area contributed by atoms with Crippen molar-refractivity contribution in [1.29, 1.82) is 0 Å². The maximum absolute atomic E-state index is 11.1. The van der Waals surface area contributed by atoms with Gasteiger partial charge in [0.05, 0.1) is 0 Å². The first-order chi connectivity index (χ1) is 9.72. The molecule has 1 atom stereocenters. The first kappa shape index (κ1) is 19.4. The van der Waals surface area contributed by atoms with Crippen LogP contribution >= 0.6 is 0 Å². The van der Waals surface area contributed by atoms with Crippen LogP contribution in [0.5, 0.6) is 0 Å². The van der Waals surface area contributed by atoms with Crippen molar-refractivity contribution in [3.63, 3.8) is 0 Å². The van der Waals surface area contributed by atoms with Crippen LogP contribution in [0.4, 0.5) is 0 Å². The average Bonchev–Trinajstić information content (AvgIpc) is 2.43. The smallest absolute Gasteiger partial charge is 0.332 e. The zero-order valence-corrected chi connectivity index (χ0v) is 13.5. The fraction of sp³-hybridized carbons (Fsp3) is 0.941. The van der Waals surface area contributed by atoms with Gasteiger partial charge in [-0.3, -0.25) is 0 Å². The topological polar surface area (TPSA) is 46.5 Å². The molecule has 3 heteroatoms. The van der Waals surface area contributed by atoms with Crippen LogP contribution in [0.15, 0.2) is 0 Å². The molecule has 0 aliphatic rings. The molecular formula is C17H34O3. The molecule has 0 aromatic rings. The number of rotatable bonds is 15. The maximum atomic E-state index is 11.1. The van der Waals surface area contributed by atoms with Crippen molar-refractivity contribution in [2.75, 3.05) is 6.61 Å². The largest absolute Gasteiger partial charge is 0.479 e. The lowest BCUT2D eigenvalue weighted by Gasteiger charge is -2.13. The van der Waals surface area contributed by atoms with E-state index in [9.17, 15) is 4.79 Å². The fourth-order valence-corrected chi connectivity index (χ4v) is 2.32. The van der Waals surface area contributed by atoms with Crippen molar-refractivity contribution >= 4 is 5.97 Å². The highest BCUT2D eigenvalue weighted by atomic mass is 16.5. The highest BCUT2D eigenvalue weighted by molar-refractivity contribution is 5.72. The first-order valence-corrected chi connectivity index (χ1v) is 8.56. The number of hydrogen-bond donors (Lipinski definition) is 1. The Labute approximate surface area is 125 Å². The van der Waals surface area contributed by atoms with E-state index >= 15 is 0 Å². The molecule has 0 saturated carbocycles. The summed E-state index contributed by atoms with van der Waals surface area (Å²) in [5, 5.41) is 9.12. The van der Waals surface area contributed by atoms with Gasteiger partial charge >= 0.3 is 5.97 Å². The number of carboxylic acid groups (broad SMARTS) is 1. The summed E-state index contributed by atoms with van der Waals surface area (Å²) in [6.07, 6.45) is 13.1. The van der Waals surface area contributed by atoms with Crippen LogP contribution in [0.25, 0.3) is 0 Å². The molecule has 0 rings (SSSR count). The Morgan fingerprint density at radius 3 is 1.90 bits per heavy atom. The molecule has 0 heterocycles. The van der Waals surface area contributed by atoms with Crippen molar-refractivity contribution in [2.24, 2.45) is 0 Å². The Morgan fingerprint density at radius 2 is 1.35 bits per heavy atom. The number of carbonyl (C=O) groups is 1. The molecule has 3 nitrogen and oxygen atoms in total. The minimum Gasteiger partial charge on any atom is -0.479 e. The molecule has 0 aromatic carbocycles. The molecule has 0 amide bonds. The summed E-state index contributed by atoms with van der Waals surface area (Å²) in [6, 6.07) is 0. The Hall–Kier alpha value is -0.570. The number of aliphatic carboxylic acids is 1. The van der Waals surface area contributed by atoms with Gasteiger partial charge < -0.3 is 9.84 Å². The maximum Gasteiger partial charge on any atom is 0.332 e. The van der Waals surface area contributed by atoms with E-state index in [0.29, 0.717) is 13.0 Å². The highest BCUT2D eigenvalue weighted by Gasteiger charge is 2.16. The summed E-state index contributed by atoms with van der Waals surface area (Å²) < 4.78 is 5.50. The van der Waals surface area contributed by atoms with Crippen LogP contribution in [0.1, 0.15) is 90.9 Å². The minimum atomic E-state index is -0.800. The van der Waals surface area contributed by atoms with Gasteiger partial charge in [-0.15, -0.1) is 0 Å². The van der Waals surface area contributed by atoms with Gasteiger partial charge in [-0.25, -0.2) is 4.79 Å². The Bertz CT molecular complexity index is 216. The van der Waals surface area contributed by atoms with E-state index in [1.807, 2.05) is 0 Å². The van der Waals surface area contributed by atoms with E-state index in [0.717, 1.165) is 25.7 Å². The molecule has 0 aliphatic heterocycles. The van der Waals surface area contributed by atoms with Gasteiger partial charge in [-0.05, 0) is 12.8 Å². The van der Waals surface area contributed by atoms with E-state index in [1.165, 1.54) is 44.9 Å². The van der Waals surface area contributed by atoms with Gasteiger partial charge in [0, 0.05) is 6.61 Å². The van der Waals surface area contributed by atoms with Gasteiger partial charge in [-0.2, -0.15) is 0 Å². The third-order valence-corrected chi connectivity index (χ3v) is 3.66. The van der Waals surface area contributed by atoms with E-state index in [2.05, 4.69) is 13.8 Å². The first-order valence-electron chi connectivity index (χ1n) is 8.56. The van der Waals surface area contributed by atoms with Crippen molar-refractivity contribution in [1.82, 2.24) is 0 Å². The molecule has 0 fully saturated rings. The minimum absolute atomic E-state index is 0.590. The second-order valence-corrected chi connectivity index (χ2v) is 5.67. The van der Waals surface area contributed by atoms with E-state index in [4.69, 9.17) is 9.84 Å². The molecule has 0 spiro atoms. The highest BCUT2D eigenvalue weighted by Crippen LogP contribution is 2.12. The molecule has 0 radical (unpaired) electrons. The summed E-state index contributed by atoms with van der Waals surface area (Å²) in [4.78, 5) is 11.1. The van der Waals surface area contributed by atoms with Gasteiger partial charge in [0.15, 0.2) is 6.10 Å². The van der Waals surface area contributed by atoms with Crippen LogP contribution in [0.3, 0.4) is 0 Å². The van der Waals surface area contributed by atoms with Gasteiger partial charge in [0.1, 0.15) is 0 Å². The Morgan fingerprint density at radius 1 is 0.850 bits per heavy atom. The number of unbranched alkanes of at least 4 members (excludes halogenated alkanes) is 9. The summed E-state index contributed by atoms with van der Waals surface area (Å²) in [6.45, 7) is 4.98. The summed E-state index contributed by atoms with van der Waals surface area (Å²) >= 11 is 0. The molecule has 0 saturated heterocycles. The van der Waals surface area contributed by atoms with Crippen molar-refractivity contribution in [2.45, 2.75) is 97.0 Å². The zero-order valence-electron chi connectivity index (χ0n) is 13.5. The van der Waals surface area contributed by atoms with E-state index in [1.54, 1.807) is 0 Å². The number of hydrogen-bond acceptors (Lipinski definition) is 2. The van der Waals surface area contributed by atoms with Crippen LogP contribution in [0, 0.1) is 0 Å². The molecular weight excluding hydrogens is 252 g/mol. The number of carboxylic acids is 1. The van der Waals surface area contributed by atoms with Crippen molar-refractivity contribution < 1.29 is 14.6 Å². The van der Waals surface area contributed by atoms with Crippen LogP contribution in [-0.2, 0) is 9.53 Å². The monoisotopic (exact) mass is 286 g/mol. The van der Waals surface area contributed by atoms with Crippen molar-refractivity contribution in [3.8, 4) is 0 Å². The SMILES string of the molecule is CCCCCCCCCC(OCCCCCC)C(=O)O. The van der Waals surface area contributed by atoms with E-state index in [-0.39, 0.29) is 0 Å². The standard InChI is InChI=1S/C17H34O3/c1-3-5-7-9-10-11-12-14-16(17(18)19)20-15-13-8-6-4-2/h16H,3-15H2,1-2H3,(H,18,19). The van der Waals surface area contributed by atoms with E-state index < -0.39 is 12.1 Å². The van der Waals surface area contributed by atoms with Crippen molar-refractivity contribution in [3.05, 3.63) is 0 Å². The third-order valence-electron chi connectivity index (χ3n) is 3.66. The van der Waals surface area contributed by atoms with Crippen LogP contribution < -0.4 is 0 Å². The second-order valence-electron chi connectivity index (χ2n) is 5.67. The third kappa shape index (κ3) is 12.5. The Balaban J connectivity index is 3.52. The average molecular weight is 286 g/mol. The molecule has 0 aliphatic carbocycles. The quantitative estimate of drug-likeness (QED) is 0.422. The predicted molar refractivity (Wildman–Crippen MR) is 84.1 cm³/mol. The van der Waals surface area contributed by atoms with Gasteiger partial charge in [0.25, 0.3) is 0 Å². The Kier molecular flexibility index (Phi) is 14.4. The van der Waals surface area contributed by atoms with Gasteiger partial charge in [-0.1, -0.05) is 78.1 Å². The summed E-state index contributed by atoms with van der Waals surface area (Å²) in [5.74, 6) is -0.800. The normalized spacial score (nSPS) is 12.5. The lowest BCUT2D eigenvalue weighted by atomic mass is 10.1. The molecule has 120 valence electrons. The molecule has 1 N–H and O–H groups in total. The zero-order chi connectivity index (χ0) is 15.1. The molecule has 1 unspecified atom stereocenters. The van der Waals surface area contributed by atoms with Gasteiger partial charge in [0.2, 0.25) is 0 Å². The second kappa shape index (κ2) is 14.8. The molecule has 0 bridgehead atoms. The van der Waals surface area contributed by atoms with Crippen LogP contribution in [-0.4, -0.2) is 23.8 Å². The number of ether oxygens (including phenoxy) is 1. The lowest BCUT2D eigenvalue weighted by Crippen LogP contribution is -2.24. The molecule has 0 aromatic heterocycles. The lowest BCUT2D eigenvalue weighted by molar-refractivity contribution is -0.151.